The summed E-state index contributed by atoms with van der Waals surface area (Å²) in [7, 11) is 0. The third-order valence-corrected chi connectivity index (χ3v) is 8.16. The van der Waals surface area contributed by atoms with E-state index in [-0.39, 0.29) is 0 Å². The molecule has 0 radical (unpaired) electrons. The van der Waals surface area contributed by atoms with Crippen molar-refractivity contribution in [1.82, 2.24) is 15.0 Å². The van der Waals surface area contributed by atoms with E-state index in [4.69, 9.17) is 23.8 Å². The predicted molar refractivity (Wildman–Crippen MR) is 176 cm³/mol. The molecule has 9 rings (SSSR count). The second-order valence-electron chi connectivity index (χ2n) is 10.9. The van der Waals surface area contributed by atoms with Crippen LogP contribution < -0.4 is 0 Å². The monoisotopic (exact) mass is 565 g/mol. The van der Waals surface area contributed by atoms with E-state index in [0.717, 1.165) is 71.7 Å². The van der Waals surface area contributed by atoms with Gasteiger partial charge in [0.05, 0.1) is 0 Å². The third kappa shape index (κ3) is 4.06. The number of nitrogens with zero attached hydrogens (tertiary/aromatic N) is 3. The molecule has 0 spiro atoms. The highest BCUT2D eigenvalue weighted by molar-refractivity contribution is 6.06. The number of aromatic nitrogens is 3. The van der Waals surface area contributed by atoms with E-state index in [1.165, 1.54) is 0 Å². The van der Waals surface area contributed by atoms with E-state index in [9.17, 15) is 0 Å². The highest BCUT2D eigenvalue weighted by Crippen LogP contribution is 2.34. The first kappa shape index (κ1) is 24.5. The summed E-state index contributed by atoms with van der Waals surface area (Å²) in [5, 5.41) is 4.41. The topological polar surface area (TPSA) is 65.0 Å². The maximum atomic E-state index is 6.17. The minimum atomic E-state index is 0.593. The number of furan rings is 2. The molecule has 5 nitrogen and oxygen atoms in total. The van der Waals surface area contributed by atoms with Crippen LogP contribution in [0, 0.1) is 0 Å². The number of fused-ring (bicyclic) bond motifs is 6. The van der Waals surface area contributed by atoms with Gasteiger partial charge in [0.1, 0.15) is 22.3 Å². The Bertz CT molecular complexity index is 2490. The number of hydrogen-bond donors (Lipinski definition) is 0. The molecule has 0 aliphatic carbocycles. The molecular formula is C39H23N3O2. The molecule has 0 fully saturated rings. The molecule has 9 aromatic rings. The minimum absolute atomic E-state index is 0.593. The number of para-hydroxylation sites is 2. The Labute approximate surface area is 252 Å². The van der Waals surface area contributed by atoms with Crippen molar-refractivity contribution < 1.29 is 8.83 Å². The van der Waals surface area contributed by atoms with Crippen LogP contribution in [0.4, 0.5) is 0 Å². The van der Waals surface area contributed by atoms with Gasteiger partial charge in [-0.15, -0.1) is 0 Å². The van der Waals surface area contributed by atoms with Crippen molar-refractivity contribution in [2.24, 2.45) is 0 Å². The normalized spacial score (nSPS) is 11.6. The van der Waals surface area contributed by atoms with Crippen LogP contribution in [0.25, 0.3) is 89.2 Å². The summed E-state index contributed by atoms with van der Waals surface area (Å²) in [6, 6.07) is 47.1. The second kappa shape index (κ2) is 9.75. The van der Waals surface area contributed by atoms with Crippen molar-refractivity contribution in [1.29, 1.82) is 0 Å². The summed E-state index contributed by atoms with van der Waals surface area (Å²) in [5.74, 6) is 1.82. The van der Waals surface area contributed by atoms with Gasteiger partial charge >= 0.3 is 0 Å². The molecule has 0 saturated heterocycles. The molecule has 206 valence electrons. The quantitative estimate of drug-likeness (QED) is 0.212. The van der Waals surface area contributed by atoms with Crippen LogP contribution in [0.5, 0.6) is 0 Å². The lowest BCUT2D eigenvalue weighted by Gasteiger charge is -2.09. The summed E-state index contributed by atoms with van der Waals surface area (Å²) in [4.78, 5) is 14.8. The maximum absolute atomic E-state index is 6.17. The van der Waals surface area contributed by atoms with Crippen molar-refractivity contribution in [3.63, 3.8) is 0 Å². The van der Waals surface area contributed by atoms with Crippen molar-refractivity contribution in [3.05, 3.63) is 140 Å². The highest BCUT2D eigenvalue weighted by atomic mass is 16.3. The van der Waals surface area contributed by atoms with Gasteiger partial charge in [-0.1, -0.05) is 103 Å². The van der Waals surface area contributed by atoms with Crippen molar-refractivity contribution >= 4 is 43.9 Å². The van der Waals surface area contributed by atoms with E-state index < -0.39 is 0 Å². The van der Waals surface area contributed by atoms with Gasteiger partial charge in [-0.05, 0) is 47.5 Å². The lowest BCUT2D eigenvalue weighted by molar-refractivity contribution is 0.668. The van der Waals surface area contributed by atoms with Crippen LogP contribution in [-0.4, -0.2) is 15.0 Å². The zero-order valence-electron chi connectivity index (χ0n) is 23.4. The molecule has 0 aliphatic rings. The zero-order chi connectivity index (χ0) is 29.0. The Balaban J connectivity index is 1.13. The Kier molecular flexibility index (Phi) is 5.43. The van der Waals surface area contributed by atoms with E-state index in [1.807, 2.05) is 72.8 Å². The predicted octanol–water partition coefficient (Wildman–Crippen LogP) is 10.3. The molecule has 44 heavy (non-hydrogen) atoms. The van der Waals surface area contributed by atoms with Crippen molar-refractivity contribution in [2.75, 3.05) is 0 Å². The Morgan fingerprint density at radius 1 is 0.295 bits per heavy atom. The van der Waals surface area contributed by atoms with Gasteiger partial charge in [0.15, 0.2) is 17.5 Å². The molecule has 0 N–H and O–H groups in total. The maximum Gasteiger partial charge on any atom is 0.164 e. The molecule has 6 aromatic carbocycles. The molecule has 0 bridgehead atoms. The summed E-state index contributed by atoms with van der Waals surface area (Å²) >= 11 is 0. The molecule has 0 amide bonds. The highest BCUT2D eigenvalue weighted by Gasteiger charge is 2.15. The Morgan fingerprint density at radius 2 is 0.705 bits per heavy atom. The zero-order valence-corrected chi connectivity index (χ0v) is 23.4. The first-order chi connectivity index (χ1) is 21.8. The number of hydrogen-bond acceptors (Lipinski definition) is 5. The summed E-state index contributed by atoms with van der Waals surface area (Å²) in [6.07, 6.45) is 0. The smallest absolute Gasteiger partial charge is 0.164 e. The molecule has 0 saturated carbocycles. The van der Waals surface area contributed by atoms with Gasteiger partial charge in [-0.3, -0.25) is 0 Å². The second-order valence-corrected chi connectivity index (χ2v) is 10.9. The SMILES string of the molecule is c1ccc(-c2nc(-c3ccc(-c4ccc5c(c4)oc4ccccc45)cc3)nc(-c3ccc4c(c3)oc3ccccc34)n2)cc1. The fourth-order valence-electron chi connectivity index (χ4n) is 5.93. The Hall–Kier alpha value is -6.07. The van der Waals surface area contributed by atoms with Crippen molar-refractivity contribution in [3.8, 4) is 45.3 Å². The van der Waals surface area contributed by atoms with Crippen LogP contribution in [0.2, 0.25) is 0 Å². The largest absolute Gasteiger partial charge is 0.456 e. The van der Waals surface area contributed by atoms with Crippen LogP contribution in [0.15, 0.2) is 148 Å². The number of rotatable bonds is 4. The molecule has 0 aliphatic heterocycles. The van der Waals surface area contributed by atoms with Gasteiger partial charge in [0.2, 0.25) is 0 Å². The average Bonchev–Trinajstić information content (AvgIpc) is 3.66. The van der Waals surface area contributed by atoms with E-state index in [2.05, 4.69) is 66.7 Å². The van der Waals surface area contributed by atoms with Gasteiger partial charge < -0.3 is 8.83 Å². The number of benzene rings is 6. The molecule has 3 heterocycles. The first-order valence-corrected chi connectivity index (χ1v) is 14.5. The fraction of sp³-hybridized carbons (Fsp3) is 0. The molecule has 0 unspecified atom stereocenters. The average molecular weight is 566 g/mol. The summed E-state index contributed by atoms with van der Waals surface area (Å²) in [5.41, 5.74) is 8.32. The summed E-state index contributed by atoms with van der Waals surface area (Å²) in [6.45, 7) is 0. The minimum Gasteiger partial charge on any atom is -0.456 e. The standard InChI is InChI=1S/C39H23N3O2/c1-2-8-25(9-3-1)37-40-38(42-39(41-37)28-19-21-32-30-11-5-7-13-34(30)44-36(32)23-28)26-16-14-24(15-17-26)27-18-20-31-29-10-4-6-12-33(29)43-35(31)22-27/h1-23H. The van der Waals surface area contributed by atoms with Crippen molar-refractivity contribution in [2.45, 2.75) is 0 Å². The fourth-order valence-corrected chi connectivity index (χ4v) is 5.93. The van der Waals surface area contributed by atoms with Crippen LogP contribution >= 0.6 is 0 Å². The van der Waals surface area contributed by atoms with E-state index >= 15 is 0 Å². The van der Waals surface area contributed by atoms with Crippen LogP contribution in [0.1, 0.15) is 0 Å². The third-order valence-electron chi connectivity index (χ3n) is 8.16. The molecular weight excluding hydrogens is 542 g/mol. The van der Waals surface area contributed by atoms with E-state index in [0.29, 0.717) is 17.5 Å². The van der Waals surface area contributed by atoms with Gasteiger partial charge in [0, 0.05) is 38.2 Å². The van der Waals surface area contributed by atoms with Crippen LogP contribution in [-0.2, 0) is 0 Å². The molecule has 5 heteroatoms. The van der Waals surface area contributed by atoms with Gasteiger partial charge in [-0.25, -0.2) is 15.0 Å². The summed E-state index contributed by atoms with van der Waals surface area (Å²) < 4.78 is 12.3. The molecule has 0 atom stereocenters. The van der Waals surface area contributed by atoms with E-state index in [1.54, 1.807) is 0 Å². The lowest BCUT2D eigenvalue weighted by atomic mass is 10.0. The van der Waals surface area contributed by atoms with Gasteiger partial charge in [0.25, 0.3) is 0 Å². The van der Waals surface area contributed by atoms with Crippen LogP contribution in [0.3, 0.4) is 0 Å². The molecule has 3 aromatic heterocycles. The Morgan fingerprint density at radius 3 is 1.32 bits per heavy atom. The first-order valence-electron chi connectivity index (χ1n) is 14.5. The lowest BCUT2D eigenvalue weighted by Crippen LogP contribution is -2.00. The van der Waals surface area contributed by atoms with Gasteiger partial charge in [-0.2, -0.15) is 0 Å².